The molecule has 2 heterocycles. The van der Waals surface area contributed by atoms with E-state index in [0.29, 0.717) is 6.04 Å². The number of hydrogen-bond acceptors (Lipinski definition) is 4. The Balaban J connectivity index is 1.59. The summed E-state index contributed by atoms with van der Waals surface area (Å²) in [6, 6.07) is 0.677. The molecule has 0 spiro atoms. The van der Waals surface area contributed by atoms with Crippen LogP contribution >= 0.6 is 0 Å². The van der Waals surface area contributed by atoms with Gasteiger partial charge in [0, 0.05) is 12.6 Å². The van der Waals surface area contributed by atoms with E-state index >= 15 is 0 Å². The molecule has 1 saturated heterocycles. The van der Waals surface area contributed by atoms with E-state index in [4.69, 9.17) is 4.99 Å². The zero-order valence-corrected chi connectivity index (χ0v) is 17.8. The first kappa shape index (κ1) is 20.3. The van der Waals surface area contributed by atoms with E-state index in [1.54, 1.807) is 0 Å². The number of rotatable bonds is 5. The quantitative estimate of drug-likeness (QED) is 0.706. The van der Waals surface area contributed by atoms with Crippen LogP contribution in [0.5, 0.6) is 0 Å². The molecule has 4 rings (SSSR count). The Morgan fingerprint density at radius 2 is 2.10 bits per heavy atom. The summed E-state index contributed by atoms with van der Waals surface area (Å²) in [7, 11) is 0. The van der Waals surface area contributed by atoms with Gasteiger partial charge in [0.05, 0.1) is 17.2 Å². The smallest absolute Gasteiger partial charge is 0.207 e. The molecule has 1 N–H and O–H groups in total. The van der Waals surface area contributed by atoms with Gasteiger partial charge in [0.25, 0.3) is 0 Å². The maximum Gasteiger partial charge on any atom is 0.207 e. The summed E-state index contributed by atoms with van der Waals surface area (Å²) in [5, 5.41) is 13.3. The van der Waals surface area contributed by atoms with E-state index in [-0.39, 0.29) is 17.6 Å². The molecule has 0 aromatic rings. The van der Waals surface area contributed by atoms with Gasteiger partial charge in [-0.25, -0.2) is 0 Å². The maximum absolute atomic E-state index is 9.57. The fraction of sp³-hybridized carbons (Fsp3) is 0.667. The predicted molar refractivity (Wildman–Crippen MR) is 118 cm³/mol. The van der Waals surface area contributed by atoms with Crippen molar-refractivity contribution in [2.45, 2.75) is 83.5 Å². The number of nitrogens with one attached hydrogen (secondary N) is 1. The maximum atomic E-state index is 9.57. The Morgan fingerprint density at radius 3 is 2.79 bits per heavy atom. The van der Waals surface area contributed by atoms with Crippen LogP contribution in [0.15, 0.2) is 34.3 Å². The minimum Gasteiger partial charge on any atom is -0.356 e. The Labute approximate surface area is 175 Å². The number of likely N-dealkylation sites (tertiary alicyclic amines) is 1. The van der Waals surface area contributed by atoms with Gasteiger partial charge in [0.1, 0.15) is 12.0 Å². The summed E-state index contributed by atoms with van der Waals surface area (Å²) in [4.78, 5) is 12.0. The zero-order valence-electron chi connectivity index (χ0n) is 17.8. The zero-order chi connectivity index (χ0) is 20.3. The van der Waals surface area contributed by atoms with Gasteiger partial charge >= 0.3 is 0 Å². The van der Waals surface area contributed by atoms with Crippen molar-refractivity contribution >= 4 is 11.5 Å². The van der Waals surface area contributed by atoms with Crippen molar-refractivity contribution < 1.29 is 0 Å². The molecule has 0 amide bonds. The molecule has 2 aliphatic carbocycles. The number of fused-ring (bicyclic) bond motifs is 1. The standard InChI is InChI=1S/C24H34N5/c1-3-8-18-11-13-19(14-12-18)29-16-7-15-24(4-2,23(29)26-17-25)22-27-20-9-5-6-10-21(20)28-22/h5-6,9-10,15,18-20,22,27H,3-4,7-8,11-14,16H2,1-2H3. The number of piperidine rings is 1. The third-order valence-electron chi connectivity index (χ3n) is 7.37. The van der Waals surface area contributed by atoms with Gasteiger partial charge in [-0.1, -0.05) is 44.9 Å². The number of aliphatic imine (C=N–C) groups is 2. The van der Waals surface area contributed by atoms with Gasteiger partial charge < -0.3 is 4.90 Å². The van der Waals surface area contributed by atoms with Crippen LogP contribution in [-0.4, -0.2) is 41.2 Å². The fourth-order valence-electron chi connectivity index (χ4n) is 5.80. The van der Waals surface area contributed by atoms with Crippen LogP contribution in [0.4, 0.5) is 0 Å². The molecule has 1 radical (unpaired) electrons. The molecule has 3 unspecified atom stereocenters. The van der Waals surface area contributed by atoms with Gasteiger partial charge in [0.15, 0.2) is 0 Å². The summed E-state index contributed by atoms with van der Waals surface area (Å²) >= 11 is 0. The topological polar surface area (TPSA) is 63.8 Å². The lowest BCUT2D eigenvalue weighted by atomic mass is 9.72. The second kappa shape index (κ2) is 8.83. The summed E-state index contributed by atoms with van der Waals surface area (Å²) in [6.45, 7) is 5.47. The molecule has 0 aromatic carbocycles. The number of nitrogens with zero attached hydrogens (tertiary/aromatic N) is 4. The minimum absolute atomic E-state index is 0.0637. The molecule has 5 nitrogen and oxygen atoms in total. The summed E-state index contributed by atoms with van der Waals surface area (Å²) < 4.78 is 0. The molecule has 2 aliphatic heterocycles. The van der Waals surface area contributed by atoms with Gasteiger partial charge in [-0.05, 0) is 56.9 Å². The average Bonchev–Trinajstić information content (AvgIpc) is 3.20. The number of nitriles is 1. The van der Waals surface area contributed by atoms with E-state index in [1.165, 1.54) is 38.5 Å². The monoisotopic (exact) mass is 392 g/mol. The molecule has 5 heteroatoms. The van der Waals surface area contributed by atoms with Crippen LogP contribution in [0.1, 0.15) is 65.2 Å². The van der Waals surface area contributed by atoms with E-state index in [9.17, 15) is 5.26 Å². The molecule has 29 heavy (non-hydrogen) atoms. The van der Waals surface area contributed by atoms with E-state index < -0.39 is 0 Å². The SMILES string of the molecule is CCCC1CCC(N2CC[CH]C(CC)(C3N=C4C=CC=CC4N3)C2=NC#N)CC1. The normalized spacial score (nSPS) is 38.0. The van der Waals surface area contributed by atoms with Crippen molar-refractivity contribution in [1.29, 1.82) is 5.26 Å². The summed E-state index contributed by atoms with van der Waals surface area (Å²) in [6.07, 6.45) is 22.4. The average molecular weight is 393 g/mol. The lowest BCUT2D eigenvalue weighted by molar-refractivity contribution is 0.160. The van der Waals surface area contributed by atoms with Crippen LogP contribution in [0.3, 0.4) is 0 Å². The second-order valence-electron chi connectivity index (χ2n) is 8.92. The van der Waals surface area contributed by atoms with Crippen molar-refractivity contribution in [2.24, 2.45) is 21.3 Å². The van der Waals surface area contributed by atoms with E-state index in [2.05, 4.69) is 59.9 Å². The summed E-state index contributed by atoms with van der Waals surface area (Å²) in [5.41, 5.74) is 0.771. The number of amidine groups is 1. The van der Waals surface area contributed by atoms with Gasteiger partial charge in [0.2, 0.25) is 6.19 Å². The molecule has 0 aromatic heterocycles. The predicted octanol–water partition coefficient (Wildman–Crippen LogP) is 4.40. The van der Waals surface area contributed by atoms with Crippen molar-refractivity contribution in [3.05, 3.63) is 30.7 Å². The van der Waals surface area contributed by atoms with E-state index in [1.807, 2.05) is 6.08 Å². The molecule has 0 bridgehead atoms. The molecule has 155 valence electrons. The van der Waals surface area contributed by atoms with Crippen molar-refractivity contribution in [1.82, 2.24) is 10.2 Å². The summed E-state index contributed by atoms with van der Waals surface area (Å²) in [5.74, 6) is 1.82. The van der Waals surface area contributed by atoms with E-state index in [0.717, 1.165) is 36.9 Å². The van der Waals surface area contributed by atoms with Crippen LogP contribution in [-0.2, 0) is 0 Å². The van der Waals surface area contributed by atoms with Crippen LogP contribution in [0.2, 0.25) is 0 Å². The van der Waals surface area contributed by atoms with Gasteiger partial charge in [-0.3, -0.25) is 10.3 Å². The van der Waals surface area contributed by atoms with Crippen molar-refractivity contribution in [2.75, 3.05) is 6.54 Å². The molecule has 1 saturated carbocycles. The molecule has 3 atom stereocenters. The molecular weight excluding hydrogens is 358 g/mol. The van der Waals surface area contributed by atoms with Gasteiger partial charge in [-0.2, -0.15) is 10.3 Å². The highest BCUT2D eigenvalue weighted by atomic mass is 15.3. The minimum atomic E-state index is -0.319. The van der Waals surface area contributed by atoms with Crippen molar-refractivity contribution in [3.8, 4) is 6.19 Å². The Bertz CT molecular complexity index is 750. The third kappa shape index (κ3) is 3.80. The first-order valence-electron chi connectivity index (χ1n) is 11.5. The molecule has 2 fully saturated rings. The molecule has 4 aliphatic rings. The first-order chi connectivity index (χ1) is 14.2. The van der Waals surface area contributed by atoms with Crippen LogP contribution in [0, 0.1) is 29.2 Å². The highest BCUT2D eigenvalue weighted by Gasteiger charge is 2.50. The first-order valence-corrected chi connectivity index (χ1v) is 11.5. The lowest BCUT2D eigenvalue weighted by Crippen LogP contribution is -2.60. The number of allylic oxidation sites excluding steroid dienone is 2. The largest absolute Gasteiger partial charge is 0.356 e. The van der Waals surface area contributed by atoms with Crippen molar-refractivity contribution in [3.63, 3.8) is 0 Å². The Morgan fingerprint density at radius 1 is 1.28 bits per heavy atom. The Hall–Kier alpha value is -1.93. The van der Waals surface area contributed by atoms with Crippen LogP contribution < -0.4 is 5.32 Å². The molecular formula is C24H34N5. The number of hydrogen-bond donors (Lipinski definition) is 1. The highest BCUT2D eigenvalue weighted by molar-refractivity contribution is 6.04. The van der Waals surface area contributed by atoms with Gasteiger partial charge in [-0.15, -0.1) is 0 Å². The second-order valence-corrected chi connectivity index (χ2v) is 8.92. The lowest BCUT2D eigenvalue weighted by Gasteiger charge is -2.50. The third-order valence-corrected chi connectivity index (χ3v) is 7.37. The fourth-order valence-corrected chi connectivity index (χ4v) is 5.80. The Kier molecular flexibility index (Phi) is 6.20. The highest BCUT2D eigenvalue weighted by Crippen LogP contribution is 2.43. The van der Waals surface area contributed by atoms with Crippen LogP contribution in [0.25, 0.3) is 0 Å².